The quantitative estimate of drug-likeness (QED) is 0.785. The molecule has 0 N–H and O–H groups in total. The van der Waals surface area contributed by atoms with E-state index in [4.69, 9.17) is 0 Å². The molecule has 4 rings (SSSR count). The highest BCUT2D eigenvalue weighted by molar-refractivity contribution is 5.97. The molecule has 2 amide bonds. The zero-order valence-electron chi connectivity index (χ0n) is 16.8. The Morgan fingerprint density at radius 2 is 1.69 bits per heavy atom. The molecule has 29 heavy (non-hydrogen) atoms. The number of benzene rings is 1. The number of nitrogens with zero attached hydrogens (tertiary/aromatic N) is 4. The van der Waals surface area contributed by atoms with Crippen molar-refractivity contribution in [2.45, 2.75) is 32.2 Å². The van der Waals surface area contributed by atoms with Crippen LogP contribution in [0.3, 0.4) is 0 Å². The normalized spacial score (nSPS) is 17.1. The van der Waals surface area contributed by atoms with Crippen LogP contribution in [0.15, 0.2) is 48.7 Å². The minimum atomic E-state index is 0.0508. The molecule has 0 bridgehead atoms. The molecule has 2 aliphatic heterocycles. The molecule has 0 aliphatic carbocycles. The highest BCUT2D eigenvalue weighted by atomic mass is 16.2. The molecule has 2 aliphatic rings. The highest BCUT2D eigenvalue weighted by Gasteiger charge is 2.25. The molecule has 0 spiro atoms. The van der Waals surface area contributed by atoms with E-state index in [-0.39, 0.29) is 24.7 Å². The molecule has 3 heterocycles. The molecule has 0 saturated carbocycles. The van der Waals surface area contributed by atoms with E-state index in [1.54, 1.807) is 0 Å². The van der Waals surface area contributed by atoms with Crippen molar-refractivity contribution in [3.05, 3.63) is 59.9 Å². The second-order valence-electron chi connectivity index (χ2n) is 7.76. The van der Waals surface area contributed by atoms with Gasteiger partial charge in [0.05, 0.1) is 5.69 Å². The number of anilines is 1. The van der Waals surface area contributed by atoms with Crippen LogP contribution in [0.25, 0.3) is 0 Å². The first-order chi connectivity index (χ1) is 14.2. The van der Waals surface area contributed by atoms with E-state index in [1.165, 1.54) is 5.56 Å². The molecule has 6 nitrogen and oxygen atoms in total. The number of para-hydroxylation sites is 1. The number of rotatable bonds is 5. The monoisotopic (exact) mass is 392 g/mol. The Labute approximate surface area is 172 Å². The van der Waals surface area contributed by atoms with Gasteiger partial charge in [0, 0.05) is 64.0 Å². The van der Waals surface area contributed by atoms with Gasteiger partial charge in [0.15, 0.2) is 0 Å². The standard InChI is InChI=1S/C23H28N4O2/c28-22(9-10-23(29)27-15-11-19-6-1-2-8-21(19)27)26-14-5-13-25(16-17-26)18-20-7-3-4-12-24-20/h1-4,6-8,12H,5,9-11,13-18H2. The van der Waals surface area contributed by atoms with Crippen LogP contribution in [0.5, 0.6) is 0 Å². The Morgan fingerprint density at radius 1 is 0.862 bits per heavy atom. The van der Waals surface area contributed by atoms with Crippen LogP contribution in [0.1, 0.15) is 30.5 Å². The Balaban J connectivity index is 1.25. The zero-order valence-corrected chi connectivity index (χ0v) is 16.8. The largest absolute Gasteiger partial charge is 0.341 e. The molecule has 0 unspecified atom stereocenters. The van der Waals surface area contributed by atoms with Crippen LogP contribution in [0.4, 0.5) is 5.69 Å². The van der Waals surface area contributed by atoms with Crippen LogP contribution in [-0.2, 0) is 22.6 Å². The van der Waals surface area contributed by atoms with Crippen LogP contribution < -0.4 is 4.90 Å². The van der Waals surface area contributed by atoms with Gasteiger partial charge in [-0.1, -0.05) is 24.3 Å². The summed E-state index contributed by atoms with van der Waals surface area (Å²) in [4.78, 5) is 35.9. The predicted octanol–water partition coefficient (Wildman–Crippen LogP) is 2.49. The number of carbonyl (C=O) groups is 2. The average Bonchev–Trinajstić information content (AvgIpc) is 3.05. The Hall–Kier alpha value is -2.73. The lowest BCUT2D eigenvalue weighted by Crippen LogP contribution is -2.36. The van der Waals surface area contributed by atoms with Crippen LogP contribution >= 0.6 is 0 Å². The summed E-state index contributed by atoms with van der Waals surface area (Å²) < 4.78 is 0. The van der Waals surface area contributed by atoms with Crippen molar-refractivity contribution in [3.8, 4) is 0 Å². The van der Waals surface area contributed by atoms with Crippen molar-refractivity contribution in [2.75, 3.05) is 37.6 Å². The van der Waals surface area contributed by atoms with Gasteiger partial charge in [-0.05, 0) is 36.6 Å². The van der Waals surface area contributed by atoms with Gasteiger partial charge in [-0.3, -0.25) is 19.5 Å². The van der Waals surface area contributed by atoms with E-state index >= 15 is 0 Å². The van der Waals surface area contributed by atoms with Crippen LogP contribution in [0, 0.1) is 0 Å². The minimum Gasteiger partial charge on any atom is -0.341 e. The van der Waals surface area contributed by atoms with E-state index < -0.39 is 0 Å². The number of pyridine rings is 1. The molecular weight excluding hydrogens is 364 g/mol. The first kappa shape index (κ1) is 19.6. The zero-order chi connectivity index (χ0) is 20.1. The second kappa shape index (κ2) is 9.18. The van der Waals surface area contributed by atoms with Gasteiger partial charge in [-0.25, -0.2) is 0 Å². The first-order valence-electron chi connectivity index (χ1n) is 10.5. The van der Waals surface area contributed by atoms with Crippen LogP contribution in [0.2, 0.25) is 0 Å². The fourth-order valence-corrected chi connectivity index (χ4v) is 4.20. The lowest BCUT2D eigenvalue weighted by molar-refractivity contribution is -0.133. The van der Waals surface area contributed by atoms with E-state index in [0.29, 0.717) is 6.54 Å². The highest BCUT2D eigenvalue weighted by Crippen LogP contribution is 2.28. The SMILES string of the molecule is O=C(CCC(=O)N1CCc2ccccc21)N1CCCN(Cc2ccccn2)CC1. The second-order valence-corrected chi connectivity index (χ2v) is 7.76. The van der Waals surface area contributed by atoms with E-state index in [2.05, 4.69) is 16.0 Å². The first-order valence-corrected chi connectivity index (χ1v) is 10.5. The summed E-state index contributed by atoms with van der Waals surface area (Å²) >= 11 is 0. The lowest BCUT2D eigenvalue weighted by atomic mass is 10.2. The summed E-state index contributed by atoms with van der Waals surface area (Å²) in [6, 6.07) is 14.0. The molecule has 1 aromatic heterocycles. The van der Waals surface area contributed by atoms with Gasteiger partial charge in [0.2, 0.25) is 11.8 Å². The number of carbonyl (C=O) groups excluding carboxylic acids is 2. The van der Waals surface area contributed by atoms with Gasteiger partial charge < -0.3 is 9.80 Å². The van der Waals surface area contributed by atoms with Gasteiger partial charge in [-0.15, -0.1) is 0 Å². The maximum atomic E-state index is 12.7. The number of hydrogen-bond donors (Lipinski definition) is 0. The van der Waals surface area contributed by atoms with Crippen molar-refractivity contribution in [2.24, 2.45) is 0 Å². The average molecular weight is 393 g/mol. The van der Waals surface area contributed by atoms with Crippen LogP contribution in [-0.4, -0.2) is 59.3 Å². The van der Waals surface area contributed by atoms with Crippen molar-refractivity contribution >= 4 is 17.5 Å². The van der Waals surface area contributed by atoms with Gasteiger partial charge in [0.1, 0.15) is 0 Å². The Bertz CT molecular complexity index is 855. The molecule has 1 fully saturated rings. The number of fused-ring (bicyclic) bond motifs is 1. The van der Waals surface area contributed by atoms with Gasteiger partial charge >= 0.3 is 0 Å². The molecule has 6 heteroatoms. The van der Waals surface area contributed by atoms with Crippen molar-refractivity contribution in [1.82, 2.24) is 14.8 Å². The molecule has 0 radical (unpaired) electrons. The van der Waals surface area contributed by atoms with Crippen molar-refractivity contribution in [3.63, 3.8) is 0 Å². The lowest BCUT2D eigenvalue weighted by Gasteiger charge is -2.22. The summed E-state index contributed by atoms with van der Waals surface area (Å²) in [7, 11) is 0. The summed E-state index contributed by atoms with van der Waals surface area (Å²) in [5.41, 5.74) is 3.28. The summed E-state index contributed by atoms with van der Waals surface area (Å²) in [5.74, 6) is 0.139. The molecule has 1 aromatic carbocycles. The summed E-state index contributed by atoms with van der Waals surface area (Å²) in [6.07, 6.45) is 4.23. The maximum absolute atomic E-state index is 12.7. The topological polar surface area (TPSA) is 56.8 Å². The third kappa shape index (κ3) is 4.82. The molecular formula is C23H28N4O2. The van der Waals surface area contributed by atoms with E-state index in [1.807, 2.05) is 52.4 Å². The number of aromatic nitrogens is 1. The summed E-state index contributed by atoms with van der Waals surface area (Å²) in [6.45, 7) is 4.82. The minimum absolute atomic E-state index is 0.0508. The third-order valence-electron chi connectivity index (χ3n) is 5.79. The number of hydrogen-bond acceptors (Lipinski definition) is 4. The third-order valence-corrected chi connectivity index (χ3v) is 5.79. The molecule has 152 valence electrons. The Kier molecular flexibility index (Phi) is 6.20. The molecule has 1 saturated heterocycles. The predicted molar refractivity (Wildman–Crippen MR) is 112 cm³/mol. The van der Waals surface area contributed by atoms with Gasteiger partial charge in [-0.2, -0.15) is 0 Å². The molecule has 0 atom stereocenters. The number of amides is 2. The Morgan fingerprint density at radius 3 is 2.55 bits per heavy atom. The van der Waals surface area contributed by atoms with Crippen molar-refractivity contribution < 1.29 is 9.59 Å². The fourth-order valence-electron chi connectivity index (χ4n) is 4.20. The maximum Gasteiger partial charge on any atom is 0.227 e. The molecule has 2 aromatic rings. The summed E-state index contributed by atoms with van der Waals surface area (Å²) in [5, 5.41) is 0. The van der Waals surface area contributed by atoms with E-state index in [9.17, 15) is 9.59 Å². The smallest absolute Gasteiger partial charge is 0.227 e. The fraction of sp³-hybridized carbons (Fsp3) is 0.435. The van der Waals surface area contributed by atoms with Crippen molar-refractivity contribution in [1.29, 1.82) is 0 Å². The van der Waals surface area contributed by atoms with E-state index in [0.717, 1.165) is 56.9 Å². The van der Waals surface area contributed by atoms with Gasteiger partial charge in [0.25, 0.3) is 0 Å².